The van der Waals surface area contributed by atoms with Gasteiger partial charge in [-0.15, -0.1) is 0 Å². The molecule has 1 unspecified atom stereocenters. The Morgan fingerprint density at radius 2 is 0.929 bits per heavy atom. The summed E-state index contributed by atoms with van der Waals surface area (Å²) in [6.45, 7) is 4.26. The molecule has 0 aromatic rings. The molecule has 0 aliphatic rings. The molecule has 0 aromatic carbocycles. The van der Waals surface area contributed by atoms with Crippen molar-refractivity contribution in [3.63, 3.8) is 0 Å². The van der Waals surface area contributed by atoms with Crippen molar-refractivity contribution in [2.75, 3.05) is 0 Å². The molecule has 0 heteroatoms. The molecule has 0 aromatic heterocycles. The second-order valence-corrected chi connectivity index (χ2v) is 4.38. The first kappa shape index (κ1) is 12.1. The molecule has 0 radical (unpaired) electrons. The summed E-state index contributed by atoms with van der Waals surface area (Å²) in [5, 5.41) is 0. The fourth-order valence-electron chi connectivity index (χ4n) is 1.84. The van der Waals surface area contributed by atoms with Gasteiger partial charge in [0, 0.05) is 1.37 Å². The van der Waals surface area contributed by atoms with Crippen LogP contribution >= 0.6 is 0 Å². The molecule has 0 amide bonds. The van der Waals surface area contributed by atoms with E-state index >= 15 is 0 Å². The molecule has 1 atom stereocenters. The summed E-state index contributed by atoms with van der Waals surface area (Å²) in [4.78, 5) is 0. The van der Waals surface area contributed by atoms with E-state index < -0.39 is 0 Å². The molecule has 0 fully saturated rings. The van der Waals surface area contributed by atoms with E-state index in [1.54, 1.807) is 0 Å². The summed E-state index contributed by atoms with van der Waals surface area (Å²) in [7, 11) is 0. The van der Waals surface area contributed by atoms with E-state index in [0.717, 1.165) is 6.42 Å². The normalized spacial score (nSPS) is 14.0. The standard InChI is InChI=1S/C14H30/c1-3-5-7-9-11-13-14-12-10-8-6-4-2/h3-14H2,1-2H3/i3D. The van der Waals surface area contributed by atoms with E-state index in [9.17, 15) is 0 Å². The fourth-order valence-corrected chi connectivity index (χ4v) is 1.84. The average molecular weight is 199 g/mol. The summed E-state index contributed by atoms with van der Waals surface area (Å²) < 4.78 is 7.39. The van der Waals surface area contributed by atoms with Crippen molar-refractivity contribution in [1.29, 1.82) is 0 Å². The molecule has 0 aliphatic heterocycles. The van der Waals surface area contributed by atoms with Gasteiger partial charge in [0.05, 0.1) is 0 Å². The number of rotatable bonds is 11. The zero-order valence-corrected chi connectivity index (χ0v) is 10.4. The van der Waals surface area contributed by atoms with E-state index in [4.69, 9.17) is 1.37 Å². The first-order chi connectivity index (χ1) is 7.27. The monoisotopic (exact) mass is 199 g/mol. The molecule has 0 saturated heterocycles. The number of hydrogen-bond acceptors (Lipinski definition) is 0. The third kappa shape index (κ3) is 12.0. The third-order valence-electron chi connectivity index (χ3n) is 2.85. The molecule has 0 heterocycles. The first-order valence-corrected chi connectivity index (χ1v) is 6.69. The van der Waals surface area contributed by atoms with E-state index in [0.29, 0.717) is 0 Å². The van der Waals surface area contributed by atoms with Gasteiger partial charge in [-0.3, -0.25) is 0 Å². The minimum Gasteiger partial charge on any atom is -0.0654 e. The zero-order valence-electron chi connectivity index (χ0n) is 11.4. The summed E-state index contributed by atoms with van der Waals surface area (Å²) in [5.41, 5.74) is 0. The Bertz CT molecular complexity index is 110. The molecule has 14 heavy (non-hydrogen) atoms. The van der Waals surface area contributed by atoms with Crippen LogP contribution in [0.2, 0.25) is 0 Å². The smallest absolute Gasteiger partial charge is 0.0264 e. The predicted molar refractivity (Wildman–Crippen MR) is 66.8 cm³/mol. The van der Waals surface area contributed by atoms with Crippen LogP contribution in [0.4, 0.5) is 0 Å². The van der Waals surface area contributed by atoms with Crippen molar-refractivity contribution < 1.29 is 1.37 Å². The molecular formula is C14H30. The van der Waals surface area contributed by atoms with Crippen LogP contribution in [0.3, 0.4) is 0 Å². The Kier molecular flexibility index (Phi) is 11.2. The Morgan fingerprint density at radius 1 is 0.571 bits per heavy atom. The number of hydrogen-bond donors (Lipinski definition) is 0. The minimum absolute atomic E-state index is 0.152. The molecule has 0 bridgehead atoms. The maximum Gasteiger partial charge on any atom is 0.0264 e. The second-order valence-electron chi connectivity index (χ2n) is 4.38. The lowest BCUT2D eigenvalue weighted by atomic mass is 10.1. The first-order valence-electron chi connectivity index (χ1n) is 7.27. The highest BCUT2D eigenvalue weighted by molar-refractivity contribution is 4.47. The van der Waals surface area contributed by atoms with Gasteiger partial charge in [0.2, 0.25) is 0 Å². The van der Waals surface area contributed by atoms with Gasteiger partial charge in [-0.05, 0) is 0 Å². The maximum absolute atomic E-state index is 7.39. The molecule has 0 nitrogen and oxygen atoms in total. The molecule has 0 rings (SSSR count). The van der Waals surface area contributed by atoms with Gasteiger partial charge in [-0.25, -0.2) is 0 Å². The van der Waals surface area contributed by atoms with E-state index in [-0.39, 0.29) is 6.40 Å². The molecule has 0 spiro atoms. The van der Waals surface area contributed by atoms with E-state index in [1.807, 2.05) is 6.92 Å². The SMILES string of the molecule is [2H]C(C)CCCCCCCCCCCC. The topological polar surface area (TPSA) is 0 Å². The van der Waals surface area contributed by atoms with Crippen LogP contribution in [0.5, 0.6) is 0 Å². The summed E-state index contributed by atoms with van der Waals surface area (Å²) >= 11 is 0. The molecule has 0 aliphatic carbocycles. The lowest BCUT2D eigenvalue weighted by molar-refractivity contribution is 0.548. The summed E-state index contributed by atoms with van der Waals surface area (Å²) in [5.74, 6) is 0. The van der Waals surface area contributed by atoms with Crippen LogP contribution in [0, 0.1) is 0 Å². The van der Waals surface area contributed by atoms with Crippen molar-refractivity contribution >= 4 is 0 Å². The van der Waals surface area contributed by atoms with Crippen molar-refractivity contribution in [3.05, 3.63) is 0 Å². The molecule has 0 N–H and O–H groups in total. The van der Waals surface area contributed by atoms with E-state index in [2.05, 4.69) is 6.92 Å². The predicted octanol–water partition coefficient (Wildman–Crippen LogP) is 5.71. The fraction of sp³-hybridized carbons (Fsp3) is 1.00. The lowest BCUT2D eigenvalue weighted by Gasteiger charge is -2.01. The highest BCUT2D eigenvalue weighted by atomic mass is 14.0. The number of unbranched alkanes of at least 4 members (excludes halogenated alkanes) is 9. The van der Waals surface area contributed by atoms with Gasteiger partial charge in [-0.2, -0.15) is 0 Å². The minimum atomic E-state index is 0.152. The quantitative estimate of drug-likeness (QED) is 0.374. The maximum atomic E-state index is 7.39. The lowest BCUT2D eigenvalue weighted by Crippen LogP contribution is -1.81. The Hall–Kier alpha value is 0. The van der Waals surface area contributed by atoms with Gasteiger partial charge in [0.25, 0.3) is 0 Å². The molecule has 0 saturated carbocycles. The van der Waals surface area contributed by atoms with Crippen LogP contribution in [-0.4, -0.2) is 0 Å². The second kappa shape index (κ2) is 13.0. The largest absolute Gasteiger partial charge is 0.0654 e. The Balaban J connectivity index is 2.87. The zero-order chi connectivity index (χ0) is 11.4. The summed E-state index contributed by atoms with van der Waals surface area (Å²) in [6, 6.07) is 0. The Labute approximate surface area is 92.9 Å². The van der Waals surface area contributed by atoms with Gasteiger partial charge < -0.3 is 0 Å². The molecular weight excluding hydrogens is 168 g/mol. The van der Waals surface area contributed by atoms with Crippen LogP contribution in [-0.2, 0) is 0 Å². The van der Waals surface area contributed by atoms with Crippen LogP contribution in [0.25, 0.3) is 0 Å². The van der Waals surface area contributed by atoms with Crippen molar-refractivity contribution in [2.24, 2.45) is 0 Å². The molecule has 86 valence electrons. The van der Waals surface area contributed by atoms with Gasteiger partial charge in [0.15, 0.2) is 0 Å². The summed E-state index contributed by atoms with van der Waals surface area (Å²) in [6.07, 6.45) is 15.2. The highest BCUT2D eigenvalue weighted by Crippen LogP contribution is 2.11. The van der Waals surface area contributed by atoms with Crippen LogP contribution < -0.4 is 0 Å². The average Bonchev–Trinajstić information content (AvgIpc) is 2.20. The van der Waals surface area contributed by atoms with Crippen molar-refractivity contribution in [2.45, 2.75) is 90.9 Å². The third-order valence-corrected chi connectivity index (χ3v) is 2.85. The van der Waals surface area contributed by atoms with Gasteiger partial charge >= 0.3 is 0 Å². The van der Waals surface area contributed by atoms with Crippen molar-refractivity contribution in [3.8, 4) is 0 Å². The van der Waals surface area contributed by atoms with Gasteiger partial charge in [0.1, 0.15) is 0 Å². The highest BCUT2D eigenvalue weighted by Gasteiger charge is 1.91. The van der Waals surface area contributed by atoms with Gasteiger partial charge in [-0.1, -0.05) is 90.9 Å². The van der Waals surface area contributed by atoms with E-state index in [1.165, 1.54) is 64.2 Å². The van der Waals surface area contributed by atoms with Crippen LogP contribution in [0.15, 0.2) is 0 Å². The van der Waals surface area contributed by atoms with Crippen molar-refractivity contribution in [1.82, 2.24) is 0 Å². The van der Waals surface area contributed by atoms with Crippen LogP contribution in [0.1, 0.15) is 92.2 Å². The Morgan fingerprint density at radius 3 is 1.29 bits per heavy atom.